The van der Waals surface area contributed by atoms with Crippen LogP contribution in [-0.2, 0) is 19.1 Å². The van der Waals surface area contributed by atoms with E-state index >= 15 is 0 Å². The van der Waals surface area contributed by atoms with Crippen molar-refractivity contribution in [1.82, 2.24) is 20.2 Å². The molecule has 4 aromatic rings. The van der Waals surface area contributed by atoms with E-state index in [9.17, 15) is 19.2 Å². The molecule has 13 nitrogen and oxygen atoms in total. The number of nitrogens with one attached hydrogen (secondary N) is 2. The van der Waals surface area contributed by atoms with Gasteiger partial charge in [0.2, 0.25) is 11.8 Å². The van der Waals surface area contributed by atoms with Gasteiger partial charge in [-0.15, -0.1) is 0 Å². The molecule has 1 fully saturated rings. The molecule has 6 rings (SSSR count). The Balaban J connectivity index is 0.872. The molecule has 1 atom stereocenters. The number of fused-ring (bicyclic) bond motifs is 2. The summed E-state index contributed by atoms with van der Waals surface area (Å²) < 4.78 is 22.8. The number of aromatic nitrogens is 2. The summed E-state index contributed by atoms with van der Waals surface area (Å²) in [6, 6.07) is 13.4. The summed E-state index contributed by atoms with van der Waals surface area (Å²) in [5, 5.41) is 7.65. The first-order valence-electron chi connectivity index (χ1n) is 15.2. The van der Waals surface area contributed by atoms with Gasteiger partial charge in [0.15, 0.2) is 0 Å². The molecule has 0 radical (unpaired) electrons. The van der Waals surface area contributed by atoms with Crippen LogP contribution in [0.5, 0.6) is 11.5 Å². The van der Waals surface area contributed by atoms with Gasteiger partial charge in [-0.1, -0.05) is 6.07 Å². The Kier molecular flexibility index (Phi) is 9.64. The van der Waals surface area contributed by atoms with E-state index < -0.39 is 29.7 Å². The molecule has 0 saturated carbocycles. The molecule has 4 amide bonds. The van der Waals surface area contributed by atoms with Gasteiger partial charge < -0.3 is 24.3 Å². The summed E-state index contributed by atoms with van der Waals surface area (Å²) in [5.74, 6) is -0.438. The molecule has 0 spiro atoms. The molecular formula is C34H33N5O8. The summed E-state index contributed by atoms with van der Waals surface area (Å²) in [6.07, 6.45) is 5.51. The lowest BCUT2D eigenvalue weighted by Gasteiger charge is -2.27. The molecule has 0 aliphatic carbocycles. The van der Waals surface area contributed by atoms with Crippen molar-refractivity contribution in [1.29, 1.82) is 0 Å². The minimum absolute atomic E-state index is 0.0630. The SMILES string of the molecule is Cc1cnc(Nc2ccc3cnccc3c2)cc1OCCOCCOCCOc1ccc2c(c1)C(=O)N(C1CCC(=O)NC1=O)C2=O. The number of ether oxygens (including phenoxy) is 4. The molecular weight excluding hydrogens is 606 g/mol. The molecule has 0 bridgehead atoms. The number of nitrogens with zero attached hydrogens (tertiary/aromatic N) is 3. The van der Waals surface area contributed by atoms with Crippen LogP contribution in [0.1, 0.15) is 39.1 Å². The van der Waals surface area contributed by atoms with E-state index in [4.69, 9.17) is 18.9 Å². The van der Waals surface area contributed by atoms with Gasteiger partial charge in [-0.25, -0.2) is 4.98 Å². The lowest BCUT2D eigenvalue weighted by molar-refractivity contribution is -0.136. The van der Waals surface area contributed by atoms with Crippen molar-refractivity contribution in [3.05, 3.63) is 83.8 Å². The van der Waals surface area contributed by atoms with Crippen molar-refractivity contribution >= 4 is 45.9 Å². The highest BCUT2D eigenvalue weighted by Gasteiger charge is 2.44. The van der Waals surface area contributed by atoms with Gasteiger partial charge in [-0.05, 0) is 55.1 Å². The maximum absolute atomic E-state index is 13.0. The van der Waals surface area contributed by atoms with Crippen LogP contribution < -0.4 is 20.1 Å². The van der Waals surface area contributed by atoms with Gasteiger partial charge in [0.05, 0.1) is 37.6 Å². The number of imide groups is 2. The van der Waals surface area contributed by atoms with E-state index in [1.165, 1.54) is 12.1 Å². The smallest absolute Gasteiger partial charge is 0.262 e. The van der Waals surface area contributed by atoms with E-state index in [1.54, 1.807) is 18.5 Å². The number of carbonyl (C=O) groups excluding carboxylic acids is 4. The third-order valence-corrected chi connectivity index (χ3v) is 7.73. The summed E-state index contributed by atoms with van der Waals surface area (Å²) in [4.78, 5) is 59.0. The van der Waals surface area contributed by atoms with E-state index in [-0.39, 0.29) is 37.2 Å². The maximum Gasteiger partial charge on any atom is 0.262 e. The minimum atomic E-state index is -1.01. The summed E-state index contributed by atoms with van der Waals surface area (Å²) in [6.45, 7) is 3.89. The van der Waals surface area contributed by atoms with E-state index in [0.717, 1.165) is 26.9 Å². The first-order chi connectivity index (χ1) is 22.9. The Morgan fingerprint density at radius 1 is 0.830 bits per heavy atom. The highest BCUT2D eigenvalue weighted by molar-refractivity contribution is 6.23. The number of amides is 4. The normalized spacial score (nSPS) is 15.9. The molecule has 47 heavy (non-hydrogen) atoms. The predicted octanol–water partition coefficient (Wildman–Crippen LogP) is 3.57. The van der Waals surface area contributed by atoms with Crippen molar-refractivity contribution < 1.29 is 38.1 Å². The minimum Gasteiger partial charge on any atom is -0.491 e. The molecule has 4 heterocycles. The molecule has 13 heteroatoms. The first kappa shape index (κ1) is 31.6. The van der Waals surface area contributed by atoms with Gasteiger partial charge in [0.1, 0.15) is 36.6 Å². The molecule has 1 unspecified atom stereocenters. The van der Waals surface area contributed by atoms with Crippen LogP contribution >= 0.6 is 0 Å². The zero-order valence-electron chi connectivity index (χ0n) is 25.7. The van der Waals surface area contributed by atoms with E-state index in [0.29, 0.717) is 43.7 Å². The first-order valence-corrected chi connectivity index (χ1v) is 15.2. The monoisotopic (exact) mass is 639 g/mol. The zero-order chi connectivity index (χ0) is 32.8. The number of carbonyl (C=O) groups is 4. The second-order valence-corrected chi connectivity index (χ2v) is 11.0. The number of benzene rings is 2. The van der Waals surface area contributed by atoms with Crippen molar-refractivity contribution in [2.75, 3.05) is 45.0 Å². The van der Waals surface area contributed by atoms with Gasteiger partial charge in [0.25, 0.3) is 11.8 Å². The predicted molar refractivity (Wildman–Crippen MR) is 170 cm³/mol. The number of hydrogen-bond acceptors (Lipinski definition) is 11. The number of piperidine rings is 1. The topological polar surface area (TPSA) is 158 Å². The number of aryl methyl sites for hydroxylation is 1. The Bertz CT molecular complexity index is 1830. The lowest BCUT2D eigenvalue weighted by Crippen LogP contribution is -2.54. The molecule has 2 aliphatic heterocycles. The lowest BCUT2D eigenvalue weighted by atomic mass is 10.0. The van der Waals surface area contributed by atoms with Crippen LogP contribution in [-0.4, -0.2) is 84.2 Å². The van der Waals surface area contributed by atoms with Gasteiger partial charge in [0, 0.05) is 47.7 Å². The Morgan fingerprint density at radius 3 is 2.40 bits per heavy atom. The summed E-state index contributed by atoms with van der Waals surface area (Å²) >= 11 is 0. The molecule has 2 aromatic carbocycles. The number of pyridine rings is 2. The maximum atomic E-state index is 13.0. The van der Waals surface area contributed by atoms with Gasteiger partial charge in [-0.2, -0.15) is 0 Å². The van der Waals surface area contributed by atoms with Crippen LogP contribution in [0.3, 0.4) is 0 Å². The molecule has 2 N–H and O–H groups in total. The Labute approximate surface area is 270 Å². The number of hydrogen-bond donors (Lipinski definition) is 2. The van der Waals surface area contributed by atoms with Crippen LogP contribution in [0.25, 0.3) is 10.8 Å². The van der Waals surface area contributed by atoms with Crippen LogP contribution in [0.2, 0.25) is 0 Å². The van der Waals surface area contributed by atoms with Crippen molar-refractivity contribution in [3.8, 4) is 11.5 Å². The van der Waals surface area contributed by atoms with Crippen LogP contribution in [0, 0.1) is 6.92 Å². The Hall–Kier alpha value is -5.40. The molecule has 1 saturated heterocycles. The summed E-state index contributed by atoms with van der Waals surface area (Å²) in [5.41, 5.74) is 2.18. The third kappa shape index (κ3) is 7.37. The van der Waals surface area contributed by atoms with Gasteiger partial charge >= 0.3 is 0 Å². The van der Waals surface area contributed by atoms with E-state index in [1.807, 2.05) is 43.5 Å². The fourth-order valence-electron chi connectivity index (χ4n) is 5.33. The largest absolute Gasteiger partial charge is 0.491 e. The van der Waals surface area contributed by atoms with Crippen LogP contribution in [0.4, 0.5) is 11.5 Å². The standard InChI is InChI=1S/C34H33N5O8/c1-21-19-36-30(37-24-3-2-23-20-35-9-8-22(23)16-24)18-29(21)47-15-13-45-11-10-44-12-14-46-25-4-5-26-27(17-25)34(43)39(33(26)42)28-6-7-31(40)38-32(28)41/h2-5,8-9,16-20,28H,6-7,10-15H2,1H3,(H,36,37)(H,38,40,41). The molecule has 2 aliphatic rings. The second-order valence-electron chi connectivity index (χ2n) is 11.0. The van der Waals surface area contributed by atoms with Crippen molar-refractivity contribution in [3.63, 3.8) is 0 Å². The fourth-order valence-corrected chi connectivity index (χ4v) is 5.33. The number of anilines is 2. The summed E-state index contributed by atoms with van der Waals surface area (Å²) in [7, 11) is 0. The van der Waals surface area contributed by atoms with Gasteiger partial charge in [-0.3, -0.25) is 34.4 Å². The zero-order valence-corrected chi connectivity index (χ0v) is 25.7. The van der Waals surface area contributed by atoms with Crippen molar-refractivity contribution in [2.24, 2.45) is 0 Å². The Morgan fingerprint density at radius 2 is 1.60 bits per heavy atom. The number of rotatable bonds is 14. The fraction of sp³-hybridized carbons (Fsp3) is 0.294. The van der Waals surface area contributed by atoms with Crippen LogP contribution in [0.15, 0.2) is 67.1 Å². The molecule has 242 valence electrons. The van der Waals surface area contributed by atoms with E-state index in [2.05, 4.69) is 20.6 Å². The second kappa shape index (κ2) is 14.4. The third-order valence-electron chi connectivity index (χ3n) is 7.73. The highest BCUT2D eigenvalue weighted by Crippen LogP contribution is 2.30. The quantitative estimate of drug-likeness (QED) is 0.153. The highest BCUT2D eigenvalue weighted by atomic mass is 16.6. The molecule has 2 aromatic heterocycles. The average molecular weight is 640 g/mol. The van der Waals surface area contributed by atoms with Crippen molar-refractivity contribution in [2.45, 2.75) is 25.8 Å². The average Bonchev–Trinajstić information content (AvgIpc) is 3.31.